The molecule has 5 heteroatoms. The predicted octanol–water partition coefficient (Wildman–Crippen LogP) is 5.44. The minimum atomic E-state index is -0.206. The third-order valence-electron chi connectivity index (χ3n) is 4.59. The molecule has 1 aliphatic heterocycles. The lowest BCUT2D eigenvalue weighted by atomic mass is 10.0. The van der Waals surface area contributed by atoms with E-state index in [4.69, 9.17) is 9.47 Å². The summed E-state index contributed by atoms with van der Waals surface area (Å²) in [4.78, 5) is 12.4. The maximum absolute atomic E-state index is 12.4. The fraction of sp³-hybridized carbons (Fsp3) is 0.619. The molecular formula is C21H32N2O3. The Bertz CT molecular complexity index is 585. The summed E-state index contributed by atoms with van der Waals surface area (Å²) in [5, 5.41) is 4.43. The number of carbonyl (C=O) groups excluding carboxylic acids is 1. The maximum atomic E-state index is 12.4. The van der Waals surface area contributed by atoms with Crippen LogP contribution in [-0.2, 0) is 0 Å². The summed E-state index contributed by atoms with van der Waals surface area (Å²) in [6.45, 7) is 4.63. The lowest BCUT2D eigenvalue weighted by Crippen LogP contribution is -2.19. The van der Waals surface area contributed by atoms with Crippen molar-refractivity contribution in [3.05, 3.63) is 23.8 Å². The van der Waals surface area contributed by atoms with Crippen molar-refractivity contribution in [2.75, 3.05) is 6.79 Å². The van der Waals surface area contributed by atoms with Crippen molar-refractivity contribution in [3.63, 3.8) is 0 Å². The summed E-state index contributed by atoms with van der Waals surface area (Å²) in [5.41, 5.74) is 4.36. The largest absolute Gasteiger partial charge is 0.454 e. The summed E-state index contributed by atoms with van der Waals surface area (Å²) in [6.07, 6.45) is 11.6. The molecule has 0 spiro atoms. The molecule has 1 aromatic carbocycles. The highest BCUT2D eigenvalue weighted by Gasteiger charge is 2.16. The van der Waals surface area contributed by atoms with E-state index in [1.54, 1.807) is 18.2 Å². The lowest BCUT2D eigenvalue weighted by Gasteiger charge is -2.08. The molecule has 0 atom stereocenters. The molecule has 2 rings (SSSR count). The number of hydrazone groups is 1. The van der Waals surface area contributed by atoms with E-state index in [1.807, 2.05) is 0 Å². The van der Waals surface area contributed by atoms with Gasteiger partial charge in [-0.25, -0.2) is 5.43 Å². The van der Waals surface area contributed by atoms with Gasteiger partial charge in [-0.3, -0.25) is 4.79 Å². The van der Waals surface area contributed by atoms with Gasteiger partial charge in [0.1, 0.15) is 0 Å². The summed E-state index contributed by atoms with van der Waals surface area (Å²) >= 11 is 0. The van der Waals surface area contributed by atoms with Crippen LogP contribution in [0.15, 0.2) is 23.3 Å². The normalized spacial score (nSPS) is 12.1. The average molecular weight is 360 g/mol. The smallest absolute Gasteiger partial charge is 0.271 e. The number of rotatable bonds is 12. The van der Waals surface area contributed by atoms with Crippen molar-refractivity contribution in [1.29, 1.82) is 0 Å². The molecule has 0 saturated heterocycles. The van der Waals surface area contributed by atoms with Gasteiger partial charge in [0.2, 0.25) is 6.79 Å². The summed E-state index contributed by atoms with van der Waals surface area (Å²) in [5.74, 6) is 1.08. The summed E-state index contributed by atoms with van der Waals surface area (Å²) in [6, 6.07) is 5.20. The minimum Gasteiger partial charge on any atom is -0.454 e. The third-order valence-corrected chi connectivity index (χ3v) is 4.59. The van der Waals surface area contributed by atoms with Crippen molar-refractivity contribution < 1.29 is 14.3 Å². The zero-order chi connectivity index (χ0) is 18.6. The monoisotopic (exact) mass is 360 g/mol. The maximum Gasteiger partial charge on any atom is 0.271 e. The molecule has 0 radical (unpaired) electrons. The summed E-state index contributed by atoms with van der Waals surface area (Å²) in [7, 11) is 0. The van der Waals surface area contributed by atoms with Crippen LogP contribution in [-0.4, -0.2) is 18.4 Å². The van der Waals surface area contributed by atoms with Gasteiger partial charge in [0.25, 0.3) is 5.91 Å². The third kappa shape index (κ3) is 6.70. The van der Waals surface area contributed by atoms with Crippen LogP contribution in [0.3, 0.4) is 0 Å². The molecule has 0 saturated carbocycles. The van der Waals surface area contributed by atoms with Crippen LogP contribution in [0.2, 0.25) is 0 Å². The number of unbranched alkanes of at least 4 members (excludes halogenated alkanes) is 6. The number of fused-ring (bicyclic) bond motifs is 1. The van der Waals surface area contributed by atoms with E-state index in [-0.39, 0.29) is 12.7 Å². The Hall–Kier alpha value is -2.04. The van der Waals surface area contributed by atoms with Crippen LogP contribution in [0.4, 0.5) is 0 Å². The molecule has 1 aliphatic rings. The number of nitrogens with one attached hydrogen (secondary N) is 1. The molecule has 0 fully saturated rings. The highest BCUT2D eigenvalue weighted by Crippen LogP contribution is 2.32. The molecule has 1 amide bonds. The van der Waals surface area contributed by atoms with Crippen LogP contribution >= 0.6 is 0 Å². The number of ether oxygens (including phenoxy) is 2. The van der Waals surface area contributed by atoms with Crippen molar-refractivity contribution >= 4 is 11.6 Å². The minimum absolute atomic E-state index is 0.206. The van der Waals surface area contributed by atoms with Gasteiger partial charge in [-0.05, 0) is 43.9 Å². The molecule has 1 N–H and O–H groups in total. The van der Waals surface area contributed by atoms with Crippen LogP contribution < -0.4 is 14.9 Å². The van der Waals surface area contributed by atoms with E-state index in [0.29, 0.717) is 17.1 Å². The first-order valence-corrected chi connectivity index (χ1v) is 10.00. The van der Waals surface area contributed by atoms with E-state index in [9.17, 15) is 4.79 Å². The van der Waals surface area contributed by atoms with E-state index in [0.717, 1.165) is 31.4 Å². The van der Waals surface area contributed by atoms with Gasteiger partial charge in [-0.1, -0.05) is 52.4 Å². The highest BCUT2D eigenvalue weighted by molar-refractivity contribution is 5.96. The number of nitrogens with zero attached hydrogens (tertiary/aromatic N) is 1. The molecule has 0 aliphatic carbocycles. The summed E-state index contributed by atoms with van der Waals surface area (Å²) < 4.78 is 10.6. The topological polar surface area (TPSA) is 59.9 Å². The van der Waals surface area contributed by atoms with Crippen molar-refractivity contribution in [2.24, 2.45) is 5.10 Å². The van der Waals surface area contributed by atoms with Gasteiger partial charge in [0, 0.05) is 11.3 Å². The molecule has 0 bridgehead atoms. The van der Waals surface area contributed by atoms with Crippen LogP contribution in [0.25, 0.3) is 0 Å². The highest BCUT2D eigenvalue weighted by atomic mass is 16.7. The first-order valence-electron chi connectivity index (χ1n) is 10.00. The average Bonchev–Trinajstić information content (AvgIpc) is 3.13. The fourth-order valence-electron chi connectivity index (χ4n) is 2.98. The van der Waals surface area contributed by atoms with E-state index in [2.05, 4.69) is 24.4 Å². The molecular weight excluding hydrogens is 328 g/mol. The van der Waals surface area contributed by atoms with Crippen LogP contribution in [0.1, 0.15) is 88.4 Å². The number of carbonyl (C=O) groups is 1. The van der Waals surface area contributed by atoms with E-state index < -0.39 is 0 Å². The predicted molar refractivity (Wildman–Crippen MR) is 105 cm³/mol. The second-order valence-corrected chi connectivity index (χ2v) is 6.81. The van der Waals surface area contributed by atoms with Gasteiger partial charge in [0.05, 0.1) is 0 Å². The van der Waals surface area contributed by atoms with Gasteiger partial charge in [-0.2, -0.15) is 5.10 Å². The zero-order valence-electron chi connectivity index (χ0n) is 16.2. The molecule has 5 nitrogen and oxygen atoms in total. The molecule has 1 heterocycles. The SMILES string of the molecule is CCCCCCC(CCCCCC)=NNC(=O)c1ccc2c(c1)OCO2. The first-order chi connectivity index (χ1) is 12.7. The van der Waals surface area contributed by atoms with Crippen LogP contribution in [0.5, 0.6) is 11.5 Å². The molecule has 26 heavy (non-hydrogen) atoms. The Morgan fingerprint density at radius 2 is 1.62 bits per heavy atom. The first kappa shape index (κ1) is 20.3. The van der Waals surface area contributed by atoms with Crippen LogP contribution in [0, 0.1) is 0 Å². The second kappa shape index (κ2) is 11.6. The van der Waals surface area contributed by atoms with E-state index in [1.165, 1.54) is 38.5 Å². The number of hydrogen-bond acceptors (Lipinski definition) is 4. The Labute approximate surface area is 157 Å². The molecule has 1 aromatic rings. The van der Waals surface area contributed by atoms with Crippen molar-refractivity contribution in [1.82, 2.24) is 5.43 Å². The number of hydrogen-bond donors (Lipinski definition) is 1. The zero-order valence-corrected chi connectivity index (χ0v) is 16.2. The van der Waals surface area contributed by atoms with Gasteiger partial charge < -0.3 is 9.47 Å². The molecule has 0 aromatic heterocycles. The standard InChI is InChI=1S/C21H32N2O3/c1-3-5-7-9-11-18(12-10-8-6-4-2)22-23-21(24)17-13-14-19-20(15-17)26-16-25-19/h13-15H,3-12,16H2,1-2H3,(H,23,24). The lowest BCUT2D eigenvalue weighted by molar-refractivity contribution is 0.0954. The number of amides is 1. The Morgan fingerprint density at radius 3 is 2.27 bits per heavy atom. The van der Waals surface area contributed by atoms with Gasteiger partial charge >= 0.3 is 0 Å². The fourth-order valence-corrected chi connectivity index (χ4v) is 2.98. The molecule has 0 unspecified atom stereocenters. The van der Waals surface area contributed by atoms with Crippen molar-refractivity contribution in [2.45, 2.75) is 78.1 Å². The van der Waals surface area contributed by atoms with Gasteiger partial charge in [0.15, 0.2) is 11.5 Å². The second-order valence-electron chi connectivity index (χ2n) is 6.81. The quantitative estimate of drug-likeness (QED) is 0.307. The Balaban J connectivity index is 1.89. The number of benzene rings is 1. The molecule has 144 valence electrons. The van der Waals surface area contributed by atoms with E-state index >= 15 is 0 Å². The Kier molecular flexibility index (Phi) is 9.01. The van der Waals surface area contributed by atoms with Gasteiger partial charge in [-0.15, -0.1) is 0 Å². The Morgan fingerprint density at radius 1 is 0.962 bits per heavy atom. The van der Waals surface area contributed by atoms with Crippen molar-refractivity contribution in [3.8, 4) is 11.5 Å².